The number of unbranched alkanes of at least 4 members (excludes halogenated alkanes) is 15. The first-order valence-corrected chi connectivity index (χ1v) is 30.6. The Morgan fingerprint density at radius 3 is 0.803 bits per heavy atom. The number of likely N-dealkylation sites (N-methyl/N-ethyl adjacent to an activating group) is 4. The Kier molecular flexibility index (Phi) is 23.9. The minimum atomic E-state index is -0.319. The second-order valence-corrected chi connectivity index (χ2v) is 25.5. The molecule has 0 spiro atoms. The van der Waals surface area contributed by atoms with Gasteiger partial charge in [-0.15, -0.1) is 0 Å². The van der Waals surface area contributed by atoms with Gasteiger partial charge in [-0.05, 0) is 74.2 Å². The molecule has 4 aromatic carbocycles. The van der Waals surface area contributed by atoms with Crippen molar-refractivity contribution in [1.29, 1.82) is 0 Å². The first-order valence-electron chi connectivity index (χ1n) is 30.6. The lowest BCUT2D eigenvalue weighted by atomic mass is 10.1. The van der Waals surface area contributed by atoms with E-state index >= 15 is 0 Å². The molecule has 0 amide bonds. The molecule has 0 radical (unpaired) electrons. The number of benzene rings is 4. The van der Waals surface area contributed by atoms with Crippen molar-refractivity contribution in [3.05, 3.63) is 97.1 Å². The number of quaternary nitrogens is 4. The third-order valence-electron chi connectivity index (χ3n) is 17.5. The van der Waals surface area contributed by atoms with Gasteiger partial charge in [0, 0.05) is 25.9 Å². The summed E-state index contributed by atoms with van der Waals surface area (Å²) in [5.74, 6) is 0. The molecule has 0 fully saturated rings. The standard InChI is InChI=1S/C66H110N8O2/c1-11-13-15-17-19-21-23-25-45-65(75)73(7,8)55-53-71(3,4)51-49-69-61-41-31-27-37-57(61)67(58-38-28-32-42-62(58)69)47-35-36-48-68-59-39-29-33-43-63(59)70(64-44-34-30-40-60(64)68)50-52-72(5,6)54-56-74(9,10)66(76)46-26-24-22-20-18-16-14-12-2/h27-34,37-44,65-66,75-76H,11-26,35-36,45-56H2,1-10H3/q+4. The van der Waals surface area contributed by atoms with Crippen molar-refractivity contribution in [1.82, 2.24) is 0 Å². The third kappa shape index (κ3) is 17.7. The molecule has 10 heteroatoms. The minimum absolute atomic E-state index is 0.319. The highest BCUT2D eigenvalue weighted by Gasteiger charge is 2.35. The van der Waals surface area contributed by atoms with E-state index in [-0.39, 0.29) is 12.5 Å². The number of para-hydroxylation sites is 8. The normalized spacial score (nSPS) is 14.6. The summed E-state index contributed by atoms with van der Waals surface area (Å²) >= 11 is 0. The second-order valence-electron chi connectivity index (χ2n) is 25.5. The first-order chi connectivity index (χ1) is 36.5. The van der Waals surface area contributed by atoms with Crippen molar-refractivity contribution in [2.45, 2.75) is 155 Å². The van der Waals surface area contributed by atoms with E-state index in [0.717, 1.165) is 113 Å². The quantitative estimate of drug-likeness (QED) is 0.0267. The second kappa shape index (κ2) is 29.7. The van der Waals surface area contributed by atoms with Gasteiger partial charge >= 0.3 is 0 Å². The molecule has 0 bridgehead atoms. The summed E-state index contributed by atoms with van der Waals surface area (Å²) in [6.07, 6.45) is 24.0. The summed E-state index contributed by atoms with van der Waals surface area (Å²) in [5, 5.41) is 22.6. The molecule has 4 aromatic rings. The van der Waals surface area contributed by atoms with Crippen molar-refractivity contribution >= 4 is 45.5 Å². The maximum absolute atomic E-state index is 11.3. The Balaban J connectivity index is 1.02. The zero-order valence-corrected chi connectivity index (χ0v) is 50.1. The molecule has 0 saturated carbocycles. The fraction of sp³-hybridized carbons (Fsp3) is 0.636. The Labute approximate surface area is 464 Å². The zero-order valence-electron chi connectivity index (χ0n) is 50.1. The summed E-state index contributed by atoms with van der Waals surface area (Å²) < 4.78 is 3.11. The molecule has 0 saturated heterocycles. The largest absolute Gasteiger partial charge is 0.345 e. The highest BCUT2D eigenvalue weighted by atomic mass is 16.3. The van der Waals surface area contributed by atoms with Crippen LogP contribution in [0.3, 0.4) is 0 Å². The predicted octanol–water partition coefficient (Wildman–Crippen LogP) is 14.4. The molecule has 422 valence electrons. The average Bonchev–Trinajstić information content (AvgIpc) is 3.41. The van der Waals surface area contributed by atoms with Gasteiger partial charge in [-0.1, -0.05) is 152 Å². The molecule has 2 aliphatic rings. The van der Waals surface area contributed by atoms with Gasteiger partial charge in [-0.2, -0.15) is 0 Å². The molecule has 10 nitrogen and oxygen atoms in total. The number of hydrogen-bond donors (Lipinski definition) is 2. The SMILES string of the molecule is CCCCCCCCCCC(O)[N+](C)(C)CC[N+](C)(C)CCN1c2ccccc2N(CCCCN2c3ccccc3N(CC[N+](C)(C)CC[N+](C)(C)C(O)CCCCCCCCCC)c3ccccc32)c2ccccc21. The summed E-state index contributed by atoms with van der Waals surface area (Å²) in [6, 6.07) is 36.2. The lowest BCUT2D eigenvalue weighted by molar-refractivity contribution is -0.971. The van der Waals surface area contributed by atoms with Crippen molar-refractivity contribution < 1.29 is 28.1 Å². The number of nitrogens with zero attached hydrogens (tertiary/aromatic N) is 8. The van der Waals surface area contributed by atoms with Crippen LogP contribution in [0.15, 0.2) is 97.1 Å². The van der Waals surface area contributed by atoms with Gasteiger partial charge in [-0.25, -0.2) is 0 Å². The molecule has 2 unspecified atom stereocenters. The first kappa shape index (κ1) is 61.1. The lowest BCUT2D eigenvalue weighted by Crippen LogP contribution is -2.56. The van der Waals surface area contributed by atoms with Gasteiger partial charge in [0.25, 0.3) is 0 Å². The van der Waals surface area contributed by atoms with Crippen molar-refractivity contribution in [3.63, 3.8) is 0 Å². The Morgan fingerprint density at radius 2 is 0.539 bits per heavy atom. The van der Waals surface area contributed by atoms with Gasteiger partial charge in [0.15, 0.2) is 12.5 Å². The van der Waals surface area contributed by atoms with E-state index in [2.05, 4.69) is 187 Å². The number of rotatable bonds is 37. The van der Waals surface area contributed by atoms with Crippen LogP contribution in [0.1, 0.15) is 142 Å². The van der Waals surface area contributed by atoms with Crippen molar-refractivity contribution in [3.8, 4) is 0 Å². The fourth-order valence-corrected chi connectivity index (χ4v) is 11.6. The van der Waals surface area contributed by atoms with Crippen LogP contribution in [0, 0.1) is 0 Å². The number of fused-ring (bicyclic) bond motifs is 4. The summed E-state index contributed by atoms with van der Waals surface area (Å²) in [4.78, 5) is 10.3. The van der Waals surface area contributed by atoms with Crippen LogP contribution >= 0.6 is 0 Å². The van der Waals surface area contributed by atoms with E-state index in [1.165, 1.54) is 135 Å². The smallest absolute Gasteiger partial charge is 0.190 e. The van der Waals surface area contributed by atoms with Crippen LogP contribution in [0.2, 0.25) is 0 Å². The van der Waals surface area contributed by atoms with E-state index in [1.807, 2.05) is 0 Å². The van der Waals surface area contributed by atoms with Crippen LogP contribution in [-0.4, -0.2) is 162 Å². The maximum atomic E-state index is 11.3. The molecule has 0 aromatic heterocycles. The fourth-order valence-electron chi connectivity index (χ4n) is 11.6. The van der Waals surface area contributed by atoms with Gasteiger partial charge in [0.2, 0.25) is 0 Å². The Bertz CT molecular complexity index is 2040. The van der Waals surface area contributed by atoms with E-state index in [0.29, 0.717) is 8.97 Å². The van der Waals surface area contributed by atoms with Gasteiger partial charge in [-0.3, -0.25) is 8.97 Å². The van der Waals surface area contributed by atoms with E-state index < -0.39 is 0 Å². The molecule has 2 N–H and O–H groups in total. The maximum Gasteiger partial charge on any atom is 0.190 e. The Hall–Kier alpha value is -4.16. The topological polar surface area (TPSA) is 53.4 Å². The summed E-state index contributed by atoms with van der Waals surface area (Å²) in [5.41, 5.74) is 10.3. The molecule has 76 heavy (non-hydrogen) atoms. The van der Waals surface area contributed by atoms with Gasteiger partial charge in [0.1, 0.15) is 26.2 Å². The predicted molar refractivity (Wildman–Crippen MR) is 327 cm³/mol. The summed E-state index contributed by atoms with van der Waals surface area (Å²) in [7, 11) is 18.3. The number of aliphatic hydroxyl groups is 2. The van der Waals surface area contributed by atoms with Gasteiger partial charge < -0.3 is 38.8 Å². The highest BCUT2D eigenvalue weighted by Crippen LogP contribution is 2.49. The molecule has 2 heterocycles. The van der Waals surface area contributed by atoms with Crippen LogP contribution in [0.25, 0.3) is 0 Å². The average molecular weight is 1050 g/mol. The van der Waals surface area contributed by atoms with Gasteiger partial charge in [0.05, 0.1) is 128 Å². The number of hydrogen-bond acceptors (Lipinski definition) is 6. The van der Waals surface area contributed by atoms with Crippen LogP contribution in [-0.2, 0) is 0 Å². The third-order valence-corrected chi connectivity index (χ3v) is 17.5. The van der Waals surface area contributed by atoms with E-state index in [4.69, 9.17) is 0 Å². The van der Waals surface area contributed by atoms with Crippen LogP contribution < -0.4 is 19.6 Å². The van der Waals surface area contributed by atoms with Crippen molar-refractivity contribution in [2.24, 2.45) is 0 Å². The molecule has 6 rings (SSSR count). The van der Waals surface area contributed by atoms with E-state index in [1.54, 1.807) is 0 Å². The number of aliphatic hydroxyl groups excluding tert-OH is 2. The van der Waals surface area contributed by atoms with Crippen molar-refractivity contribution in [2.75, 3.05) is 141 Å². The lowest BCUT2D eigenvalue weighted by Gasteiger charge is -2.43. The Morgan fingerprint density at radius 1 is 0.303 bits per heavy atom. The van der Waals surface area contributed by atoms with E-state index in [9.17, 15) is 10.2 Å². The molecule has 2 atom stereocenters. The highest BCUT2D eigenvalue weighted by molar-refractivity contribution is 5.94. The minimum Gasteiger partial charge on any atom is -0.345 e. The summed E-state index contributed by atoms with van der Waals surface area (Å²) in [6.45, 7) is 14.2. The number of anilines is 8. The van der Waals surface area contributed by atoms with Crippen LogP contribution in [0.5, 0.6) is 0 Å². The molecule has 2 aliphatic heterocycles. The molecule has 0 aliphatic carbocycles. The molecular formula is C66H110N8O2+4. The van der Waals surface area contributed by atoms with Crippen LogP contribution in [0.4, 0.5) is 45.5 Å². The monoisotopic (exact) mass is 1050 g/mol. The molecular weight excluding hydrogens is 937 g/mol. The zero-order chi connectivity index (χ0) is 54.6.